The van der Waals surface area contributed by atoms with Crippen molar-refractivity contribution in [2.45, 2.75) is 29.0 Å². The Hall–Kier alpha value is -3.43. The first-order valence-corrected chi connectivity index (χ1v) is 11.7. The first-order chi connectivity index (χ1) is 16.1. The Kier molecular flexibility index (Phi) is 5.97. The predicted molar refractivity (Wildman–Crippen MR) is 132 cm³/mol. The fourth-order valence-electron chi connectivity index (χ4n) is 4.04. The summed E-state index contributed by atoms with van der Waals surface area (Å²) < 4.78 is 1.95. The number of allylic oxidation sites excluding steroid dienone is 1. The van der Waals surface area contributed by atoms with Gasteiger partial charge < -0.3 is 20.7 Å². The second kappa shape index (κ2) is 9.21. The van der Waals surface area contributed by atoms with E-state index in [0.29, 0.717) is 0 Å². The minimum absolute atomic E-state index is 0.194. The summed E-state index contributed by atoms with van der Waals surface area (Å²) in [4.78, 5) is 7.97. The molecule has 0 amide bonds. The Balaban J connectivity index is 1.44. The lowest BCUT2D eigenvalue weighted by Gasteiger charge is -2.31. The van der Waals surface area contributed by atoms with E-state index >= 15 is 0 Å². The molecule has 4 heterocycles. The highest BCUT2D eigenvalue weighted by atomic mass is 32.2. The maximum Gasteiger partial charge on any atom is 0.200 e. The monoisotopic (exact) mass is 459 g/mol. The van der Waals surface area contributed by atoms with Crippen LogP contribution in [0.25, 0.3) is 22.1 Å². The average molecular weight is 460 g/mol. The Morgan fingerprint density at radius 2 is 2.03 bits per heavy atom. The zero-order valence-electron chi connectivity index (χ0n) is 18.3. The number of anilines is 1. The Labute approximate surface area is 195 Å². The van der Waals surface area contributed by atoms with Crippen LogP contribution in [-0.4, -0.2) is 57.1 Å². The normalized spacial score (nSPS) is 15.3. The number of hydrogen-bond acceptors (Lipinski definition) is 8. The highest BCUT2D eigenvalue weighted by Crippen LogP contribution is 2.31. The van der Waals surface area contributed by atoms with E-state index in [4.69, 9.17) is 5.41 Å². The van der Waals surface area contributed by atoms with Gasteiger partial charge in [-0.15, -0.1) is 10.2 Å². The molecule has 9 heteroatoms. The molecule has 0 unspecified atom stereocenters. The smallest absolute Gasteiger partial charge is 0.200 e. The number of hydrogen-bond donors (Lipinski definition) is 3. The summed E-state index contributed by atoms with van der Waals surface area (Å²) in [6.45, 7) is 1.69. The molecule has 1 aromatic carbocycles. The molecular formula is C24H25N7OS. The Morgan fingerprint density at radius 3 is 2.82 bits per heavy atom. The first-order valence-electron chi connectivity index (χ1n) is 10.9. The molecule has 33 heavy (non-hydrogen) atoms. The molecule has 5 rings (SSSR count). The van der Waals surface area contributed by atoms with E-state index in [-0.39, 0.29) is 6.10 Å². The minimum atomic E-state index is -0.194. The van der Waals surface area contributed by atoms with Crippen molar-refractivity contribution in [2.24, 2.45) is 0 Å². The first kappa shape index (κ1) is 21.4. The Morgan fingerprint density at radius 1 is 1.18 bits per heavy atom. The van der Waals surface area contributed by atoms with E-state index in [1.54, 1.807) is 18.0 Å². The molecule has 1 aliphatic rings. The summed E-state index contributed by atoms with van der Waals surface area (Å²) in [5.41, 5.74) is 4.48. The zero-order valence-corrected chi connectivity index (χ0v) is 19.1. The van der Waals surface area contributed by atoms with Crippen LogP contribution in [0.3, 0.4) is 0 Å². The molecule has 1 saturated heterocycles. The van der Waals surface area contributed by atoms with Gasteiger partial charge in [0, 0.05) is 60.2 Å². The van der Waals surface area contributed by atoms with Crippen molar-refractivity contribution in [3.05, 3.63) is 60.6 Å². The molecule has 168 valence electrons. The minimum Gasteiger partial charge on any atom is -0.393 e. The predicted octanol–water partition coefficient (Wildman–Crippen LogP) is 3.60. The summed E-state index contributed by atoms with van der Waals surface area (Å²) in [6.07, 6.45) is 8.38. The molecule has 1 aliphatic heterocycles. The van der Waals surface area contributed by atoms with E-state index < -0.39 is 0 Å². The molecule has 0 saturated carbocycles. The quantitative estimate of drug-likeness (QED) is 0.379. The number of nitrogens with zero attached hydrogens (tertiary/aromatic N) is 5. The summed E-state index contributed by atoms with van der Waals surface area (Å²) in [5, 5.41) is 31.0. The van der Waals surface area contributed by atoms with Crippen molar-refractivity contribution >= 4 is 45.8 Å². The van der Waals surface area contributed by atoms with Gasteiger partial charge in [-0.25, -0.2) is 0 Å². The SMILES string of the molecule is CN/C=C(\C=N)c1ccc2nnc(Sc3ccc4ncc(N5CCC(O)CC5)cc4c3)n2c1. The molecule has 0 radical (unpaired) electrons. The third-order valence-corrected chi connectivity index (χ3v) is 6.79. The summed E-state index contributed by atoms with van der Waals surface area (Å²) in [5.74, 6) is 0. The van der Waals surface area contributed by atoms with Crippen LogP contribution in [0.1, 0.15) is 18.4 Å². The van der Waals surface area contributed by atoms with Crippen LogP contribution in [0.5, 0.6) is 0 Å². The number of benzene rings is 1. The van der Waals surface area contributed by atoms with Gasteiger partial charge in [0.15, 0.2) is 10.8 Å². The van der Waals surface area contributed by atoms with Crippen molar-refractivity contribution in [1.29, 1.82) is 5.41 Å². The number of piperidine rings is 1. The molecule has 1 fully saturated rings. The van der Waals surface area contributed by atoms with Gasteiger partial charge in [-0.3, -0.25) is 9.38 Å². The Bertz CT molecular complexity index is 1340. The van der Waals surface area contributed by atoms with Crippen LogP contribution in [0, 0.1) is 5.41 Å². The molecule has 0 spiro atoms. The third-order valence-electron chi connectivity index (χ3n) is 5.84. The number of pyridine rings is 2. The van der Waals surface area contributed by atoms with Crippen LogP contribution in [-0.2, 0) is 0 Å². The lowest BCUT2D eigenvalue weighted by Crippen LogP contribution is -2.35. The van der Waals surface area contributed by atoms with Crippen LogP contribution in [0.15, 0.2) is 65.0 Å². The number of aliphatic hydroxyl groups excluding tert-OH is 1. The number of fused-ring (bicyclic) bond motifs is 2. The van der Waals surface area contributed by atoms with Crippen molar-refractivity contribution in [1.82, 2.24) is 24.9 Å². The van der Waals surface area contributed by atoms with Crippen molar-refractivity contribution in [3.63, 3.8) is 0 Å². The maximum absolute atomic E-state index is 9.79. The molecule has 0 aliphatic carbocycles. The standard InChI is InChI=1S/C24H25N7OS/c1-26-13-18(12-25)16-2-5-23-28-29-24(31(23)15-16)33-21-3-4-22-17(11-21)10-19(14-27-22)30-8-6-20(32)7-9-30/h2-5,10-15,20,25-26,32H,6-9H2,1H3/b18-13+,25-12?. The molecular weight excluding hydrogens is 434 g/mol. The molecule has 8 nitrogen and oxygen atoms in total. The van der Waals surface area contributed by atoms with Crippen molar-refractivity contribution in [3.8, 4) is 0 Å². The van der Waals surface area contributed by atoms with E-state index in [2.05, 4.69) is 37.5 Å². The van der Waals surface area contributed by atoms with Crippen molar-refractivity contribution < 1.29 is 5.11 Å². The summed E-state index contributed by atoms with van der Waals surface area (Å²) >= 11 is 1.54. The largest absolute Gasteiger partial charge is 0.393 e. The van der Waals surface area contributed by atoms with Gasteiger partial charge in [-0.05, 0) is 61.0 Å². The topological polar surface area (TPSA) is 102 Å². The van der Waals surface area contributed by atoms with Gasteiger partial charge in [0.05, 0.1) is 23.5 Å². The number of aromatic nitrogens is 4. The number of rotatable bonds is 6. The van der Waals surface area contributed by atoms with Crippen molar-refractivity contribution in [2.75, 3.05) is 25.0 Å². The third kappa shape index (κ3) is 4.42. The van der Waals surface area contributed by atoms with Crippen LogP contribution in [0.4, 0.5) is 5.69 Å². The second-order valence-corrected chi connectivity index (χ2v) is 9.07. The van der Waals surface area contributed by atoms with Crippen LogP contribution in [0.2, 0.25) is 0 Å². The highest BCUT2D eigenvalue weighted by molar-refractivity contribution is 7.99. The van der Waals surface area contributed by atoms with Gasteiger partial charge in [0.25, 0.3) is 0 Å². The molecule has 0 bridgehead atoms. The molecule has 4 aromatic rings. The van der Waals surface area contributed by atoms with Gasteiger partial charge in [0.2, 0.25) is 0 Å². The zero-order chi connectivity index (χ0) is 22.8. The van der Waals surface area contributed by atoms with Gasteiger partial charge >= 0.3 is 0 Å². The lowest BCUT2D eigenvalue weighted by molar-refractivity contribution is 0.145. The number of nitrogens with one attached hydrogen (secondary N) is 2. The van der Waals surface area contributed by atoms with Gasteiger partial charge in [0.1, 0.15) is 0 Å². The molecule has 3 N–H and O–H groups in total. The highest BCUT2D eigenvalue weighted by Gasteiger charge is 2.18. The van der Waals surface area contributed by atoms with E-state index in [1.807, 2.05) is 48.1 Å². The average Bonchev–Trinajstić information content (AvgIpc) is 3.24. The van der Waals surface area contributed by atoms with E-state index in [0.717, 1.165) is 69.4 Å². The second-order valence-electron chi connectivity index (χ2n) is 8.03. The maximum atomic E-state index is 9.79. The molecule has 0 atom stereocenters. The summed E-state index contributed by atoms with van der Waals surface area (Å²) in [6, 6.07) is 12.2. The summed E-state index contributed by atoms with van der Waals surface area (Å²) in [7, 11) is 1.82. The van der Waals surface area contributed by atoms with Gasteiger partial charge in [-0.2, -0.15) is 0 Å². The lowest BCUT2D eigenvalue weighted by atomic mass is 10.1. The van der Waals surface area contributed by atoms with Crippen LogP contribution >= 0.6 is 11.8 Å². The van der Waals surface area contributed by atoms with E-state index in [1.165, 1.54) is 6.21 Å². The fourth-order valence-corrected chi connectivity index (χ4v) is 4.90. The van der Waals surface area contributed by atoms with Gasteiger partial charge in [-0.1, -0.05) is 0 Å². The molecule has 3 aromatic heterocycles. The number of aliphatic hydroxyl groups is 1. The van der Waals surface area contributed by atoms with Crippen LogP contribution < -0.4 is 10.2 Å². The van der Waals surface area contributed by atoms with E-state index in [9.17, 15) is 5.11 Å². The fraction of sp³-hybridized carbons (Fsp3) is 0.250.